The van der Waals surface area contributed by atoms with Crippen LogP contribution in [0.25, 0.3) is 0 Å². The second kappa shape index (κ2) is 13.1. The van der Waals surface area contributed by atoms with Crippen LogP contribution in [0.4, 0.5) is 0 Å². The SMILES string of the molecule is CC(C)C(NC(=O)CNC(=O)C(N)CCC(=O)O)C(=O)NC(CCC(=O)O)C(=O)O. The summed E-state index contributed by atoms with van der Waals surface area (Å²) in [5, 5.41) is 33.1. The predicted octanol–water partition coefficient (Wildman–Crippen LogP) is -2.13. The lowest BCUT2D eigenvalue weighted by atomic mass is 10.0. The predicted molar refractivity (Wildman–Crippen MR) is 101 cm³/mol. The van der Waals surface area contributed by atoms with Gasteiger partial charge >= 0.3 is 17.9 Å². The van der Waals surface area contributed by atoms with Crippen molar-refractivity contribution >= 4 is 35.6 Å². The maximum atomic E-state index is 12.4. The number of carboxylic acids is 3. The van der Waals surface area contributed by atoms with Gasteiger partial charge < -0.3 is 37.0 Å². The molecule has 0 aromatic carbocycles. The van der Waals surface area contributed by atoms with Gasteiger partial charge in [0, 0.05) is 12.8 Å². The summed E-state index contributed by atoms with van der Waals surface area (Å²) in [6, 6.07) is -3.70. The summed E-state index contributed by atoms with van der Waals surface area (Å²) in [4.78, 5) is 68.5. The molecule has 0 aliphatic heterocycles. The van der Waals surface area contributed by atoms with Gasteiger partial charge in [-0.3, -0.25) is 24.0 Å². The molecule has 170 valence electrons. The van der Waals surface area contributed by atoms with E-state index in [2.05, 4.69) is 16.0 Å². The van der Waals surface area contributed by atoms with Crippen LogP contribution < -0.4 is 21.7 Å². The number of amides is 3. The van der Waals surface area contributed by atoms with E-state index in [0.29, 0.717) is 0 Å². The lowest BCUT2D eigenvalue weighted by Gasteiger charge is -2.24. The van der Waals surface area contributed by atoms with Gasteiger partial charge in [-0.1, -0.05) is 13.8 Å². The quantitative estimate of drug-likeness (QED) is 0.158. The molecule has 0 saturated heterocycles. The van der Waals surface area contributed by atoms with Gasteiger partial charge in [0.25, 0.3) is 0 Å². The maximum Gasteiger partial charge on any atom is 0.326 e. The smallest absolute Gasteiger partial charge is 0.326 e. The van der Waals surface area contributed by atoms with E-state index < -0.39 is 72.6 Å². The summed E-state index contributed by atoms with van der Waals surface area (Å²) in [6.07, 6.45) is -1.24. The van der Waals surface area contributed by atoms with Crippen LogP contribution in [0.2, 0.25) is 0 Å². The Morgan fingerprint density at radius 1 is 0.833 bits per heavy atom. The van der Waals surface area contributed by atoms with E-state index in [1.807, 2.05) is 0 Å². The number of aliphatic carboxylic acids is 3. The molecule has 0 aromatic rings. The molecule has 13 heteroatoms. The van der Waals surface area contributed by atoms with Crippen molar-refractivity contribution in [3.8, 4) is 0 Å². The minimum Gasteiger partial charge on any atom is -0.481 e. The molecular formula is C17H28N4O9. The molecule has 0 saturated carbocycles. The first-order chi connectivity index (χ1) is 13.8. The first-order valence-corrected chi connectivity index (χ1v) is 9.14. The Labute approximate surface area is 172 Å². The van der Waals surface area contributed by atoms with Crippen molar-refractivity contribution in [1.82, 2.24) is 16.0 Å². The first-order valence-electron chi connectivity index (χ1n) is 9.14. The number of rotatable bonds is 14. The molecule has 0 rings (SSSR count). The second-order valence-corrected chi connectivity index (χ2v) is 6.88. The average molecular weight is 432 g/mol. The highest BCUT2D eigenvalue weighted by atomic mass is 16.4. The van der Waals surface area contributed by atoms with Gasteiger partial charge in [0.1, 0.15) is 12.1 Å². The van der Waals surface area contributed by atoms with Crippen LogP contribution in [0.3, 0.4) is 0 Å². The van der Waals surface area contributed by atoms with Crippen LogP contribution in [0.5, 0.6) is 0 Å². The largest absolute Gasteiger partial charge is 0.481 e. The Morgan fingerprint density at radius 2 is 1.37 bits per heavy atom. The van der Waals surface area contributed by atoms with Gasteiger partial charge in [-0.05, 0) is 18.8 Å². The highest BCUT2D eigenvalue weighted by molar-refractivity contribution is 5.92. The average Bonchev–Trinajstić information content (AvgIpc) is 2.64. The Morgan fingerprint density at radius 3 is 1.83 bits per heavy atom. The molecule has 30 heavy (non-hydrogen) atoms. The van der Waals surface area contributed by atoms with Gasteiger partial charge in [-0.25, -0.2) is 4.79 Å². The van der Waals surface area contributed by atoms with E-state index in [1.165, 1.54) is 0 Å². The summed E-state index contributed by atoms with van der Waals surface area (Å²) in [7, 11) is 0. The molecule has 3 amide bonds. The minimum absolute atomic E-state index is 0.118. The van der Waals surface area contributed by atoms with Gasteiger partial charge in [-0.2, -0.15) is 0 Å². The Kier molecular flexibility index (Phi) is 11.7. The highest BCUT2D eigenvalue weighted by Gasteiger charge is 2.29. The molecule has 3 unspecified atom stereocenters. The number of nitrogens with two attached hydrogens (primary N) is 1. The topological polar surface area (TPSA) is 225 Å². The Bertz CT molecular complexity index is 666. The fourth-order valence-electron chi connectivity index (χ4n) is 2.25. The van der Waals surface area contributed by atoms with Gasteiger partial charge in [0.2, 0.25) is 17.7 Å². The Hall–Kier alpha value is -3.22. The third-order valence-electron chi connectivity index (χ3n) is 3.96. The number of nitrogens with one attached hydrogen (secondary N) is 3. The van der Waals surface area contributed by atoms with E-state index in [4.69, 9.17) is 21.1 Å². The fraction of sp³-hybridized carbons (Fsp3) is 0.647. The zero-order chi connectivity index (χ0) is 23.4. The van der Waals surface area contributed by atoms with Crippen molar-refractivity contribution in [3.05, 3.63) is 0 Å². The van der Waals surface area contributed by atoms with Crippen LogP contribution in [-0.2, 0) is 28.8 Å². The van der Waals surface area contributed by atoms with Crippen molar-refractivity contribution in [2.75, 3.05) is 6.54 Å². The third kappa shape index (κ3) is 10.9. The third-order valence-corrected chi connectivity index (χ3v) is 3.96. The molecule has 0 spiro atoms. The molecule has 0 bridgehead atoms. The number of carboxylic acid groups (broad SMARTS) is 3. The van der Waals surface area contributed by atoms with Crippen LogP contribution >= 0.6 is 0 Å². The van der Waals surface area contributed by atoms with Crippen molar-refractivity contribution < 1.29 is 44.1 Å². The maximum absolute atomic E-state index is 12.4. The summed E-state index contributed by atoms with van der Waals surface area (Å²) >= 11 is 0. The summed E-state index contributed by atoms with van der Waals surface area (Å²) in [6.45, 7) is 2.66. The van der Waals surface area contributed by atoms with E-state index >= 15 is 0 Å². The van der Waals surface area contributed by atoms with Gasteiger partial charge in [0.15, 0.2) is 0 Å². The highest BCUT2D eigenvalue weighted by Crippen LogP contribution is 2.05. The normalized spacial score (nSPS) is 13.6. The molecule has 0 aliphatic rings. The fourth-order valence-corrected chi connectivity index (χ4v) is 2.25. The van der Waals surface area contributed by atoms with Crippen LogP contribution in [0, 0.1) is 5.92 Å². The van der Waals surface area contributed by atoms with Crippen LogP contribution in [0.1, 0.15) is 39.5 Å². The lowest BCUT2D eigenvalue weighted by Crippen LogP contribution is -2.55. The number of carbonyl (C=O) groups is 6. The van der Waals surface area contributed by atoms with Crippen molar-refractivity contribution in [3.63, 3.8) is 0 Å². The summed E-state index contributed by atoms with van der Waals surface area (Å²) in [5.74, 6) is -6.51. The van der Waals surface area contributed by atoms with Gasteiger partial charge in [-0.15, -0.1) is 0 Å². The molecule has 0 heterocycles. The zero-order valence-electron chi connectivity index (χ0n) is 16.7. The van der Waals surface area contributed by atoms with E-state index in [0.717, 1.165) is 0 Å². The molecule has 0 fully saturated rings. The van der Waals surface area contributed by atoms with E-state index in [1.54, 1.807) is 13.8 Å². The van der Waals surface area contributed by atoms with Crippen molar-refractivity contribution in [1.29, 1.82) is 0 Å². The van der Waals surface area contributed by atoms with Crippen LogP contribution in [0.15, 0.2) is 0 Å². The number of hydrogen-bond acceptors (Lipinski definition) is 7. The van der Waals surface area contributed by atoms with E-state index in [9.17, 15) is 28.8 Å². The molecular weight excluding hydrogens is 404 g/mol. The minimum atomic E-state index is -1.45. The lowest BCUT2D eigenvalue weighted by molar-refractivity contribution is -0.143. The Balaban J connectivity index is 4.78. The standard InChI is InChI=1S/C17H28N4O9/c1-8(2)14(16(28)20-10(17(29)30)4-6-13(25)26)21-11(22)7-19-15(27)9(18)3-5-12(23)24/h8-10,14H,3-7,18H2,1-2H3,(H,19,27)(H,20,28)(H,21,22)(H,23,24)(H,25,26)(H,29,30). The molecule has 13 nitrogen and oxygen atoms in total. The molecule has 0 radical (unpaired) electrons. The second-order valence-electron chi connectivity index (χ2n) is 6.88. The van der Waals surface area contributed by atoms with Gasteiger partial charge in [0.05, 0.1) is 12.6 Å². The van der Waals surface area contributed by atoms with Crippen LogP contribution in [-0.4, -0.2) is 75.6 Å². The number of carbonyl (C=O) groups excluding carboxylic acids is 3. The monoisotopic (exact) mass is 432 g/mol. The molecule has 8 N–H and O–H groups in total. The van der Waals surface area contributed by atoms with E-state index in [-0.39, 0.29) is 19.3 Å². The first kappa shape index (κ1) is 26.8. The number of hydrogen-bond donors (Lipinski definition) is 7. The van der Waals surface area contributed by atoms with Crippen molar-refractivity contribution in [2.45, 2.75) is 57.7 Å². The van der Waals surface area contributed by atoms with Crippen molar-refractivity contribution in [2.24, 2.45) is 11.7 Å². The molecule has 3 atom stereocenters. The molecule has 0 aromatic heterocycles. The zero-order valence-corrected chi connectivity index (χ0v) is 16.7. The summed E-state index contributed by atoms with van der Waals surface area (Å²) in [5.41, 5.74) is 5.51. The summed E-state index contributed by atoms with van der Waals surface area (Å²) < 4.78 is 0. The molecule has 0 aliphatic carbocycles.